The molecule has 26 heavy (non-hydrogen) atoms. The Kier molecular flexibility index (Phi) is 5.76. The second-order valence-electron chi connectivity index (χ2n) is 5.10. The van der Waals surface area contributed by atoms with Gasteiger partial charge >= 0.3 is 6.18 Å². The summed E-state index contributed by atoms with van der Waals surface area (Å²) < 4.78 is 50.7. The van der Waals surface area contributed by atoms with Crippen LogP contribution in [-0.2, 0) is 6.18 Å². The molecule has 138 valence electrons. The largest absolute Gasteiger partial charge is 0.497 e. The molecule has 5 nitrogen and oxygen atoms in total. The fourth-order valence-electron chi connectivity index (χ4n) is 2.29. The van der Waals surface area contributed by atoms with Crippen LogP contribution in [0.2, 0.25) is 0 Å². The summed E-state index contributed by atoms with van der Waals surface area (Å²) in [5.41, 5.74) is -0.0177. The van der Waals surface area contributed by atoms with Crippen molar-refractivity contribution in [2.45, 2.75) is 6.18 Å². The molecule has 0 atom stereocenters. The van der Waals surface area contributed by atoms with Crippen LogP contribution in [0.4, 0.5) is 13.2 Å². The van der Waals surface area contributed by atoms with Gasteiger partial charge in [0.15, 0.2) is 5.69 Å². The SMILES string of the molecule is COc1ccc(-c2nc(C(F)(F)F)cn2-c2ccc(OC)nc2)cc1.Cl. The molecule has 0 N–H and O–H groups in total. The summed E-state index contributed by atoms with van der Waals surface area (Å²) in [7, 11) is 2.98. The maximum absolute atomic E-state index is 13.1. The van der Waals surface area contributed by atoms with Gasteiger partial charge in [-0.1, -0.05) is 0 Å². The van der Waals surface area contributed by atoms with Crippen molar-refractivity contribution in [3.05, 3.63) is 54.5 Å². The van der Waals surface area contributed by atoms with Crippen LogP contribution in [0.5, 0.6) is 11.6 Å². The number of nitrogens with zero attached hydrogens (tertiary/aromatic N) is 3. The summed E-state index contributed by atoms with van der Waals surface area (Å²) in [6, 6.07) is 9.80. The van der Waals surface area contributed by atoms with Crippen LogP contribution in [0.15, 0.2) is 48.8 Å². The van der Waals surface area contributed by atoms with E-state index < -0.39 is 11.9 Å². The molecule has 0 fully saturated rings. The van der Waals surface area contributed by atoms with Gasteiger partial charge in [-0.25, -0.2) is 9.97 Å². The van der Waals surface area contributed by atoms with E-state index in [4.69, 9.17) is 9.47 Å². The van der Waals surface area contributed by atoms with Crippen LogP contribution in [0, 0.1) is 0 Å². The van der Waals surface area contributed by atoms with Gasteiger partial charge in [-0.2, -0.15) is 13.2 Å². The summed E-state index contributed by atoms with van der Waals surface area (Å²) >= 11 is 0. The Morgan fingerprint density at radius 2 is 1.65 bits per heavy atom. The quantitative estimate of drug-likeness (QED) is 0.668. The minimum atomic E-state index is -4.55. The van der Waals surface area contributed by atoms with Crippen LogP contribution in [0.25, 0.3) is 17.1 Å². The first kappa shape index (κ1) is 19.6. The molecule has 0 spiro atoms. The predicted octanol–water partition coefficient (Wildman–Crippen LogP) is 4.39. The summed E-state index contributed by atoms with van der Waals surface area (Å²) in [5, 5.41) is 0. The smallest absolute Gasteiger partial charge is 0.434 e. The van der Waals surface area contributed by atoms with Crippen LogP contribution in [-0.4, -0.2) is 28.8 Å². The Labute approximate surface area is 153 Å². The fraction of sp³-hybridized carbons (Fsp3) is 0.176. The van der Waals surface area contributed by atoms with Gasteiger partial charge in [0.25, 0.3) is 0 Å². The topological polar surface area (TPSA) is 49.2 Å². The van der Waals surface area contributed by atoms with E-state index in [2.05, 4.69) is 9.97 Å². The van der Waals surface area contributed by atoms with E-state index in [1.165, 1.54) is 25.0 Å². The average molecular weight is 386 g/mol. The monoisotopic (exact) mass is 385 g/mol. The van der Waals surface area contributed by atoms with Crippen molar-refractivity contribution in [1.29, 1.82) is 0 Å². The number of hydrogen-bond donors (Lipinski definition) is 0. The number of benzene rings is 1. The molecule has 0 saturated carbocycles. The number of aromatic nitrogens is 3. The molecule has 1 aromatic carbocycles. The lowest BCUT2D eigenvalue weighted by Gasteiger charge is -2.08. The second-order valence-corrected chi connectivity index (χ2v) is 5.10. The van der Waals surface area contributed by atoms with Crippen LogP contribution < -0.4 is 9.47 Å². The summed E-state index contributed by atoms with van der Waals surface area (Å²) in [5.74, 6) is 1.12. The van der Waals surface area contributed by atoms with Crippen molar-refractivity contribution in [3.63, 3.8) is 0 Å². The number of halogens is 4. The molecule has 9 heteroatoms. The van der Waals surface area contributed by atoms with E-state index in [-0.39, 0.29) is 18.2 Å². The molecule has 0 bridgehead atoms. The van der Waals surface area contributed by atoms with Gasteiger partial charge in [-0.3, -0.25) is 4.57 Å². The number of methoxy groups -OCH3 is 2. The summed E-state index contributed by atoms with van der Waals surface area (Å²) in [6.07, 6.45) is -2.18. The van der Waals surface area contributed by atoms with Crippen molar-refractivity contribution >= 4 is 12.4 Å². The zero-order valence-electron chi connectivity index (χ0n) is 13.8. The molecule has 0 radical (unpaired) electrons. The van der Waals surface area contributed by atoms with Crippen LogP contribution in [0.1, 0.15) is 5.69 Å². The highest BCUT2D eigenvalue weighted by Crippen LogP contribution is 2.33. The van der Waals surface area contributed by atoms with Crippen molar-refractivity contribution in [1.82, 2.24) is 14.5 Å². The number of imidazole rings is 1. The number of hydrogen-bond acceptors (Lipinski definition) is 4. The predicted molar refractivity (Wildman–Crippen MR) is 92.1 cm³/mol. The molecular weight excluding hydrogens is 371 g/mol. The number of alkyl halides is 3. The average Bonchev–Trinajstić information content (AvgIpc) is 3.07. The zero-order chi connectivity index (χ0) is 18.0. The summed E-state index contributed by atoms with van der Waals surface area (Å²) in [6.45, 7) is 0. The maximum atomic E-state index is 13.1. The molecule has 2 heterocycles. The third kappa shape index (κ3) is 3.91. The second kappa shape index (κ2) is 7.65. The highest BCUT2D eigenvalue weighted by molar-refractivity contribution is 5.85. The van der Waals surface area contributed by atoms with Gasteiger partial charge in [0, 0.05) is 17.8 Å². The third-order valence-electron chi connectivity index (χ3n) is 3.55. The van der Waals surface area contributed by atoms with Gasteiger partial charge in [0.1, 0.15) is 11.6 Å². The van der Waals surface area contributed by atoms with E-state index in [9.17, 15) is 13.2 Å². The number of pyridine rings is 1. The molecule has 2 aromatic heterocycles. The van der Waals surface area contributed by atoms with Crippen molar-refractivity contribution in [2.75, 3.05) is 14.2 Å². The van der Waals surface area contributed by atoms with Gasteiger partial charge in [-0.05, 0) is 30.3 Å². The Balaban J connectivity index is 0.00000243. The highest BCUT2D eigenvalue weighted by atomic mass is 35.5. The third-order valence-corrected chi connectivity index (χ3v) is 3.55. The lowest BCUT2D eigenvalue weighted by atomic mass is 10.2. The van der Waals surface area contributed by atoms with Crippen LogP contribution in [0.3, 0.4) is 0 Å². The number of ether oxygens (including phenoxy) is 2. The van der Waals surface area contributed by atoms with Gasteiger partial charge < -0.3 is 9.47 Å². The van der Waals surface area contributed by atoms with Crippen molar-refractivity contribution < 1.29 is 22.6 Å². The Morgan fingerprint density at radius 1 is 0.962 bits per heavy atom. The van der Waals surface area contributed by atoms with Gasteiger partial charge in [0.2, 0.25) is 5.88 Å². The minimum absolute atomic E-state index is 0. The lowest BCUT2D eigenvalue weighted by molar-refractivity contribution is -0.140. The first-order valence-corrected chi connectivity index (χ1v) is 7.24. The zero-order valence-corrected chi connectivity index (χ0v) is 14.6. The molecule has 0 aliphatic rings. The lowest BCUT2D eigenvalue weighted by Crippen LogP contribution is -2.05. The molecule has 0 saturated heterocycles. The first-order chi connectivity index (χ1) is 11.9. The normalized spacial score (nSPS) is 11.0. The van der Waals surface area contributed by atoms with Crippen molar-refractivity contribution in [3.8, 4) is 28.7 Å². The van der Waals surface area contributed by atoms with Crippen molar-refractivity contribution in [2.24, 2.45) is 0 Å². The molecule has 0 aliphatic heterocycles. The van der Waals surface area contributed by atoms with E-state index in [1.807, 2.05) is 0 Å². The standard InChI is InChI=1S/C17H14F3N3O2.ClH/c1-24-13-6-3-11(4-7-13)16-22-14(17(18,19)20)10-23(16)12-5-8-15(25-2)21-9-12;/h3-10H,1-2H3;1H. The van der Waals surface area contributed by atoms with E-state index >= 15 is 0 Å². The molecule has 3 aromatic rings. The van der Waals surface area contributed by atoms with Gasteiger partial charge in [-0.15, -0.1) is 12.4 Å². The molecule has 0 amide bonds. The van der Waals surface area contributed by atoms with Gasteiger partial charge in [0.05, 0.1) is 26.1 Å². The van der Waals surface area contributed by atoms with Crippen LogP contribution >= 0.6 is 12.4 Å². The molecule has 3 rings (SSSR count). The first-order valence-electron chi connectivity index (χ1n) is 7.24. The Bertz CT molecular complexity index is 797. The fourth-order valence-corrected chi connectivity index (χ4v) is 2.29. The molecule has 0 unspecified atom stereocenters. The molecular formula is C17H15ClF3N3O2. The minimum Gasteiger partial charge on any atom is -0.497 e. The molecule has 0 aliphatic carbocycles. The summed E-state index contributed by atoms with van der Waals surface area (Å²) in [4.78, 5) is 7.80. The van der Waals surface area contributed by atoms with E-state index in [0.717, 1.165) is 6.20 Å². The van der Waals surface area contributed by atoms with E-state index in [0.29, 0.717) is 22.9 Å². The van der Waals surface area contributed by atoms with E-state index in [1.54, 1.807) is 36.4 Å². The Morgan fingerprint density at radius 3 is 2.15 bits per heavy atom. The maximum Gasteiger partial charge on any atom is 0.434 e. The Hall–Kier alpha value is -2.74. The highest BCUT2D eigenvalue weighted by Gasteiger charge is 2.35. The number of rotatable bonds is 4.